The summed E-state index contributed by atoms with van der Waals surface area (Å²) in [6.07, 6.45) is 1.54. The molecule has 5 heteroatoms. The number of nitrogens with one attached hydrogen (secondary N) is 1. The first kappa shape index (κ1) is 15.4. The molecule has 0 radical (unpaired) electrons. The van der Waals surface area contributed by atoms with Gasteiger partial charge in [-0.3, -0.25) is 9.59 Å². The topological polar surface area (TPSA) is 58.6 Å². The Morgan fingerprint density at radius 3 is 2.57 bits per heavy atom. The minimum absolute atomic E-state index is 0.000215. The molecule has 21 heavy (non-hydrogen) atoms. The third-order valence-electron chi connectivity index (χ3n) is 3.87. The van der Waals surface area contributed by atoms with Crippen molar-refractivity contribution in [2.45, 2.75) is 38.8 Å². The average Bonchev–Trinajstić information content (AvgIpc) is 2.50. The minimum Gasteiger partial charge on any atom is -0.497 e. The number of rotatable bonds is 5. The van der Waals surface area contributed by atoms with Crippen LogP contribution in [-0.4, -0.2) is 36.4 Å². The molecular weight excluding hydrogens is 268 g/mol. The largest absolute Gasteiger partial charge is 0.497 e. The first-order chi connectivity index (χ1) is 10.1. The van der Waals surface area contributed by atoms with Crippen LogP contribution in [0.4, 0.5) is 0 Å². The summed E-state index contributed by atoms with van der Waals surface area (Å²) in [7, 11) is 1.62. The van der Waals surface area contributed by atoms with Crippen LogP contribution in [0.15, 0.2) is 24.3 Å². The van der Waals surface area contributed by atoms with Gasteiger partial charge in [-0.1, -0.05) is 25.5 Å². The molecule has 2 unspecified atom stereocenters. The Morgan fingerprint density at radius 2 is 2.00 bits per heavy atom. The van der Waals surface area contributed by atoms with Gasteiger partial charge in [-0.05, 0) is 31.0 Å². The molecular formula is C16H22N2O3. The van der Waals surface area contributed by atoms with Crippen molar-refractivity contribution in [2.75, 3.05) is 13.7 Å². The molecule has 1 heterocycles. The van der Waals surface area contributed by atoms with Gasteiger partial charge in [0.25, 0.3) is 0 Å². The number of ether oxygens (including phenoxy) is 1. The van der Waals surface area contributed by atoms with Gasteiger partial charge in [0.15, 0.2) is 0 Å². The number of hydrogen-bond donors (Lipinski definition) is 1. The van der Waals surface area contributed by atoms with E-state index < -0.39 is 6.04 Å². The van der Waals surface area contributed by atoms with Gasteiger partial charge in [0.2, 0.25) is 11.8 Å². The van der Waals surface area contributed by atoms with Crippen LogP contribution in [0.25, 0.3) is 0 Å². The molecule has 1 fully saturated rings. The summed E-state index contributed by atoms with van der Waals surface area (Å²) in [5, 5.41) is 2.77. The number of carbonyl (C=O) groups is 2. The molecule has 0 aliphatic carbocycles. The average molecular weight is 290 g/mol. The summed E-state index contributed by atoms with van der Waals surface area (Å²) in [6, 6.07) is 7.06. The van der Waals surface area contributed by atoms with E-state index in [0.29, 0.717) is 6.42 Å². The van der Waals surface area contributed by atoms with E-state index in [1.54, 1.807) is 12.0 Å². The highest BCUT2D eigenvalue weighted by Crippen LogP contribution is 2.25. The Labute approximate surface area is 125 Å². The minimum atomic E-state index is -0.392. The molecule has 5 nitrogen and oxygen atoms in total. The summed E-state index contributed by atoms with van der Waals surface area (Å²) in [6.45, 7) is 4.07. The number of amides is 2. The number of hydrogen-bond acceptors (Lipinski definition) is 3. The van der Waals surface area contributed by atoms with Gasteiger partial charge >= 0.3 is 0 Å². The van der Waals surface area contributed by atoms with Gasteiger partial charge in [0, 0.05) is 0 Å². The molecule has 0 aromatic heterocycles. The summed E-state index contributed by atoms with van der Waals surface area (Å²) in [5.74, 6) is 0.686. The number of carbonyl (C=O) groups excluding carboxylic acids is 2. The van der Waals surface area contributed by atoms with Gasteiger partial charge in [-0.15, -0.1) is 0 Å². The number of benzene rings is 1. The van der Waals surface area contributed by atoms with Crippen molar-refractivity contribution in [3.8, 4) is 5.75 Å². The molecule has 0 saturated carbocycles. The molecule has 1 aromatic rings. The van der Waals surface area contributed by atoms with Gasteiger partial charge in [0.05, 0.1) is 13.2 Å². The molecule has 1 aliphatic rings. The van der Waals surface area contributed by atoms with E-state index in [2.05, 4.69) is 5.32 Å². The van der Waals surface area contributed by atoms with E-state index in [4.69, 9.17) is 4.74 Å². The van der Waals surface area contributed by atoms with Crippen molar-refractivity contribution >= 4 is 11.8 Å². The van der Waals surface area contributed by atoms with Crippen LogP contribution in [0.1, 0.15) is 38.3 Å². The molecule has 2 atom stereocenters. The quantitative estimate of drug-likeness (QED) is 0.901. The Morgan fingerprint density at radius 1 is 1.33 bits per heavy atom. The van der Waals surface area contributed by atoms with E-state index in [1.165, 1.54) is 0 Å². The predicted molar refractivity (Wildman–Crippen MR) is 80.0 cm³/mol. The molecule has 1 aliphatic heterocycles. The smallest absolute Gasteiger partial charge is 0.246 e. The van der Waals surface area contributed by atoms with Gasteiger partial charge < -0.3 is 15.0 Å². The van der Waals surface area contributed by atoms with Crippen molar-refractivity contribution in [1.29, 1.82) is 0 Å². The molecule has 1 aromatic carbocycles. The van der Waals surface area contributed by atoms with E-state index in [0.717, 1.165) is 17.7 Å². The number of methoxy groups -OCH3 is 1. The highest BCUT2D eigenvalue weighted by atomic mass is 16.5. The van der Waals surface area contributed by atoms with Crippen LogP contribution in [0.3, 0.4) is 0 Å². The number of piperazine rings is 1. The normalized spacial score (nSPS) is 20.1. The summed E-state index contributed by atoms with van der Waals surface area (Å²) in [5.41, 5.74) is 0.995. The lowest BCUT2D eigenvalue weighted by molar-refractivity contribution is -0.146. The zero-order valence-electron chi connectivity index (χ0n) is 12.8. The van der Waals surface area contributed by atoms with Crippen molar-refractivity contribution in [1.82, 2.24) is 10.2 Å². The van der Waals surface area contributed by atoms with Crippen molar-refractivity contribution in [3.63, 3.8) is 0 Å². The molecule has 2 rings (SSSR count). The van der Waals surface area contributed by atoms with E-state index >= 15 is 0 Å². The highest BCUT2D eigenvalue weighted by Gasteiger charge is 2.34. The van der Waals surface area contributed by atoms with E-state index in [-0.39, 0.29) is 24.4 Å². The molecule has 1 N–H and O–H groups in total. The highest BCUT2D eigenvalue weighted by molar-refractivity contribution is 5.95. The van der Waals surface area contributed by atoms with Crippen molar-refractivity contribution in [3.05, 3.63) is 29.8 Å². The Bertz CT molecular complexity index is 513. The molecule has 114 valence electrons. The zero-order chi connectivity index (χ0) is 15.4. The first-order valence-electron chi connectivity index (χ1n) is 7.30. The van der Waals surface area contributed by atoms with Crippen molar-refractivity contribution < 1.29 is 14.3 Å². The van der Waals surface area contributed by atoms with E-state index in [9.17, 15) is 9.59 Å². The van der Waals surface area contributed by atoms with Crippen LogP contribution in [-0.2, 0) is 9.59 Å². The number of nitrogens with zero attached hydrogens (tertiary/aromatic N) is 1. The van der Waals surface area contributed by atoms with Crippen LogP contribution in [0, 0.1) is 0 Å². The van der Waals surface area contributed by atoms with Crippen LogP contribution in [0.5, 0.6) is 5.75 Å². The first-order valence-corrected chi connectivity index (χ1v) is 7.30. The Kier molecular flexibility index (Phi) is 4.83. The van der Waals surface area contributed by atoms with Crippen LogP contribution >= 0.6 is 0 Å². The maximum Gasteiger partial charge on any atom is 0.246 e. The van der Waals surface area contributed by atoms with Gasteiger partial charge in [0.1, 0.15) is 18.3 Å². The van der Waals surface area contributed by atoms with Crippen LogP contribution < -0.4 is 10.1 Å². The second-order valence-corrected chi connectivity index (χ2v) is 5.32. The lowest BCUT2D eigenvalue weighted by Crippen LogP contribution is -2.58. The second kappa shape index (κ2) is 6.61. The third-order valence-corrected chi connectivity index (χ3v) is 3.87. The lowest BCUT2D eigenvalue weighted by Gasteiger charge is -2.36. The fraction of sp³-hybridized carbons (Fsp3) is 0.500. The van der Waals surface area contributed by atoms with E-state index in [1.807, 2.05) is 38.1 Å². The Balaban J connectivity index is 2.17. The molecule has 0 bridgehead atoms. The second-order valence-electron chi connectivity index (χ2n) is 5.32. The fourth-order valence-electron chi connectivity index (χ4n) is 2.61. The van der Waals surface area contributed by atoms with Crippen molar-refractivity contribution in [2.24, 2.45) is 0 Å². The van der Waals surface area contributed by atoms with Gasteiger partial charge in [-0.25, -0.2) is 0 Å². The molecule has 0 spiro atoms. The maximum atomic E-state index is 12.5. The third kappa shape index (κ3) is 3.35. The standard InChI is InChI=1S/C16H22N2O3/c1-4-5-14-16(20)18(10-15(19)17-14)11(2)12-6-8-13(21-3)9-7-12/h6-9,11,14H,4-5,10H2,1-3H3,(H,17,19). The summed E-state index contributed by atoms with van der Waals surface area (Å²) < 4.78 is 5.14. The Hall–Kier alpha value is -2.04. The van der Waals surface area contributed by atoms with Gasteiger partial charge in [-0.2, -0.15) is 0 Å². The monoisotopic (exact) mass is 290 g/mol. The summed E-state index contributed by atoms with van der Waals surface area (Å²) >= 11 is 0. The molecule has 2 amide bonds. The predicted octanol–water partition coefficient (Wildman–Crippen LogP) is 1.88. The SMILES string of the molecule is CCCC1NC(=O)CN(C(C)c2ccc(OC)cc2)C1=O. The van der Waals surface area contributed by atoms with Crippen LogP contribution in [0.2, 0.25) is 0 Å². The maximum absolute atomic E-state index is 12.5. The fourth-order valence-corrected chi connectivity index (χ4v) is 2.61. The molecule has 1 saturated heterocycles. The summed E-state index contributed by atoms with van der Waals surface area (Å²) in [4.78, 5) is 26.0. The lowest BCUT2D eigenvalue weighted by atomic mass is 10.0. The zero-order valence-corrected chi connectivity index (χ0v) is 12.8.